The highest BCUT2D eigenvalue weighted by Crippen LogP contribution is 2.42. The number of ether oxygens (including phenoxy) is 1. The Kier molecular flexibility index (Phi) is 4.09. The van der Waals surface area contributed by atoms with Gasteiger partial charge >= 0.3 is 0 Å². The Morgan fingerprint density at radius 1 is 1.11 bits per heavy atom. The van der Waals surface area contributed by atoms with E-state index in [1.807, 2.05) is 47.4 Å². The van der Waals surface area contributed by atoms with Crippen LogP contribution in [-0.2, 0) is 6.61 Å². The Balaban J connectivity index is 1.32. The molecule has 1 amide bonds. The van der Waals surface area contributed by atoms with Gasteiger partial charge in [-0.15, -0.1) is 11.3 Å². The smallest absolute Gasteiger partial charge is 0.264 e. The minimum Gasteiger partial charge on any atom is -0.488 e. The van der Waals surface area contributed by atoms with E-state index in [4.69, 9.17) is 4.74 Å². The number of carbonyl (C=O) groups excluding carboxylic acids is 1. The zero-order valence-electron chi connectivity index (χ0n) is 14.9. The highest BCUT2D eigenvalue weighted by atomic mass is 32.1. The van der Waals surface area contributed by atoms with Crippen LogP contribution in [0.5, 0.6) is 5.75 Å². The number of benzene rings is 2. The van der Waals surface area contributed by atoms with E-state index in [9.17, 15) is 4.79 Å². The van der Waals surface area contributed by atoms with Gasteiger partial charge in [-0.3, -0.25) is 4.79 Å². The van der Waals surface area contributed by atoms with Crippen LogP contribution in [-0.4, -0.2) is 29.9 Å². The molecule has 1 atom stereocenters. The fraction of sp³-hybridized carbons (Fsp3) is 0.227. The fourth-order valence-corrected chi connectivity index (χ4v) is 4.96. The van der Waals surface area contributed by atoms with Crippen molar-refractivity contribution in [3.05, 3.63) is 71.1 Å². The summed E-state index contributed by atoms with van der Waals surface area (Å²) in [5, 5.41) is 3.53. The van der Waals surface area contributed by atoms with Crippen molar-refractivity contribution in [3.8, 4) is 16.2 Å². The summed E-state index contributed by atoms with van der Waals surface area (Å²) in [5.74, 6) is 1.03. The van der Waals surface area contributed by atoms with Crippen molar-refractivity contribution in [3.63, 3.8) is 0 Å². The van der Waals surface area contributed by atoms with Crippen LogP contribution in [0.3, 0.4) is 0 Å². The van der Waals surface area contributed by atoms with E-state index >= 15 is 0 Å². The third-order valence-corrected chi connectivity index (χ3v) is 6.35. The molecule has 27 heavy (non-hydrogen) atoms. The number of anilines is 1. The van der Waals surface area contributed by atoms with Crippen molar-refractivity contribution in [2.45, 2.75) is 19.1 Å². The first-order chi connectivity index (χ1) is 13.3. The highest BCUT2D eigenvalue weighted by Gasteiger charge is 2.29. The number of nitrogens with one attached hydrogen (secondary N) is 1. The Morgan fingerprint density at radius 3 is 2.81 bits per heavy atom. The second kappa shape index (κ2) is 6.74. The van der Waals surface area contributed by atoms with E-state index in [2.05, 4.69) is 23.5 Å². The molecule has 5 heteroatoms. The van der Waals surface area contributed by atoms with Crippen molar-refractivity contribution in [2.24, 2.45) is 0 Å². The number of hydrogen-bond donors (Lipinski definition) is 1. The van der Waals surface area contributed by atoms with Gasteiger partial charge in [0.25, 0.3) is 5.91 Å². The van der Waals surface area contributed by atoms with Crippen molar-refractivity contribution >= 4 is 22.9 Å². The summed E-state index contributed by atoms with van der Waals surface area (Å²) < 4.78 is 5.82. The average Bonchev–Trinajstić information content (AvgIpc) is 3.35. The first-order valence-electron chi connectivity index (χ1n) is 9.24. The standard InChI is InChI=1S/C22H20N2O2S/c25-22(24-11-10-17(13-24)23-16-6-2-1-3-7-16)20-12-15-14-26-19-9-5-4-8-18(19)21(15)27-20/h1-9,12,17,23H,10-11,13-14H2. The molecule has 5 rings (SSSR count). The van der Waals surface area contributed by atoms with Crippen molar-refractivity contribution in [1.82, 2.24) is 4.90 Å². The van der Waals surface area contributed by atoms with Gasteiger partial charge in [0, 0.05) is 40.8 Å². The lowest BCUT2D eigenvalue weighted by Gasteiger charge is -2.17. The average molecular weight is 376 g/mol. The van der Waals surface area contributed by atoms with Crippen LogP contribution in [0.25, 0.3) is 10.4 Å². The number of hydrogen-bond acceptors (Lipinski definition) is 4. The minimum atomic E-state index is 0.129. The molecule has 4 nitrogen and oxygen atoms in total. The minimum absolute atomic E-state index is 0.129. The molecule has 1 aromatic heterocycles. The fourth-order valence-electron chi connectivity index (χ4n) is 3.79. The van der Waals surface area contributed by atoms with Gasteiger partial charge in [0.2, 0.25) is 0 Å². The summed E-state index contributed by atoms with van der Waals surface area (Å²) in [7, 11) is 0. The monoisotopic (exact) mass is 376 g/mol. The predicted molar refractivity (Wildman–Crippen MR) is 108 cm³/mol. The normalized spacial score (nSPS) is 17.8. The third-order valence-electron chi connectivity index (χ3n) is 5.15. The van der Waals surface area contributed by atoms with Crippen molar-refractivity contribution < 1.29 is 9.53 Å². The van der Waals surface area contributed by atoms with Gasteiger partial charge in [-0.1, -0.05) is 30.3 Å². The second-order valence-corrected chi connectivity index (χ2v) is 8.05. The molecule has 1 N–H and O–H groups in total. The lowest BCUT2D eigenvalue weighted by atomic mass is 10.1. The van der Waals surface area contributed by atoms with Crippen LogP contribution in [0.15, 0.2) is 60.7 Å². The van der Waals surface area contributed by atoms with Gasteiger partial charge in [0.15, 0.2) is 0 Å². The Morgan fingerprint density at radius 2 is 1.93 bits per heavy atom. The van der Waals surface area contributed by atoms with Gasteiger partial charge in [-0.05, 0) is 36.8 Å². The second-order valence-electron chi connectivity index (χ2n) is 7.00. The first-order valence-corrected chi connectivity index (χ1v) is 10.1. The number of amides is 1. The van der Waals surface area contributed by atoms with E-state index in [0.29, 0.717) is 12.6 Å². The van der Waals surface area contributed by atoms with Crippen LogP contribution in [0.4, 0.5) is 5.69 Å². The highest BCUT2D eigenvalue weighted by molar-refractivity contribution is 7.17. The van der Waals surface area contributed by atoms with Crippen LogP contribution >= 0.6 is 11.3 Å². The molecule has 1 fully saturated rings. The summed E-state index contributed by atoms with van der Waals surface area (Å²) in [6, 6.07) is 20.5. The molecular formula is C22H20N2O2S. The zero-order chi connectivity index (χ0) is 18.2. The number of likely N-dealkylation sites (tertiary alicyclic amines) is 1. The van der Waals surface area contributed by atoms with Crippen molar-refractivity contribution in [1.29, 1.82) is 0 Å². The first kappa shape index (κ1) is 16.4. The Bertz CT molecular complexity index is 983. The van der Waals surface area contributed by atoms with Crippen LogP contribution in [0.1, 0.15) is 21.7 Å². The zero-order valence-corrected chi connectivity index (χ0v) is 15.7. The van der Waals surface area contributed by atoms with Crippen LogP contribution in [0.2, 0.25) is 0 Å². The maximum absolute atomic E-state index is 13.0. The quantitative estimate of drug-likeness (QED) is 0.724. The SMILES string of the molecule is O=C(c1cc2c(s1)-c1ccccc1OC2)N1CCC(Nc2ccccc2)C1. The number of rotatable bonds is 3. The third kappa shape index (κ3) is 3.08. The molecule has 2 aromatic carbocycles. The van der Waals surface area contributed by atoms with Gasteiger partial charge in [-0.2, -0.15) is 0 Å². The lowest BCUT2D eigenvalue weighted by molar-refractivity contribution is 0.0796. The number of nitrogens with zero attached hydrogens (tertiary/aromatic N) is 1. The molecule has 0 spiro atoms. The molecule has 0 saturated carbocycles. The summed E-state index contributed by atoms with van der Waals surface area (Å²) in [5.41, 5.74) is 3.31. The summed E-state index contributed by atoms with van der Waals surface area (Å²) in [6.07, 6.45) is 0.970. The maximum atomic E-state index is 13.0. The number of carbonyl (C=O) groups is 1. The van der Waals surface area contributed by atoms with E-state index in [1.54, 1.807) is 11.3 Å². The summed E-state index contributed by atoms with van der Waals surface area (Å²) in [4.78, 5) is 17.0. The van der Waals surface area contributed by atoms with E-state index in [1.165, 1.54) is 4.88 Å². The number of fused-ring (bicyclic) bond motifs is 3. The maximum Gasteiger partial charge on any atom is 0.264 e. The van der Waals surface area contributed by atoms with E-state index < -0.39 is 0 Å². The van der Waals surface area contributed by atoms with Crippen LogP contribution < -0.4 is 10.1 Å². The lowest BCUT2D eigenvalue weighted by Crippen LogP contribution is -2.31. The molecule has 0 aliphatic carbocycles. The van der Waals surface area contributed by atoms with E-state index in [-0.39, 0.29) is 5.91 Å². The summed E-state index contributed by atoms with van der Waals surface area (Å²) >= 11 is 1.59. The summed E-state index contributed by atoms with van der Waals surface area (Å²) in [6.45, 7) is 2.07. The molecule has 1 unspecified atom stereocenters. The molecule has 1 saturated heterocycles. The largest absolute Gasteiger partial charge is 0.488 e. The number of para-hydroxylation sites is 2. The van der Waals surface area contributed by atoms with Gasteiger partial charge < -0.3 is 15.0 Å². The van der Waals surface area contributed by atoms with Gasteiger partial charge in [-0.25, -0.2) is 0 Å². The molecule has 0 bridgehead atoms. The molecule has 2 aliphatic rings. The Hall–Kier alpha value is -2.79. The Labute approximate surface area is 162 Å². The van der Waals surface area contributed by atoms with Gasteiger partial charge in [0.05, 0.1) is 4.88 Å². The molecule has 136 valence electrons. The molecule has 2 aliphatic heterocycles. The van der Waals surface area contributed by atoms with Crippen molar-refractivity contribution in [2.75, 3.05) is 18.4 Å². The molecular weight excluding hydrogens is 356 g/mol. The number of thiophene rings is 1. The topological polar surface area (TPSA) is 41.6 Å². The molecule has 3 heterocycles. The van der Waals surface area contributed by atoms with Crippen LogP contribution in [0, 0.1) is 0 Å². The molecule has 0 radical (unpaired) electrons. The predicted octanol–water partition coefficient (Wildman–Crippen LogP) is 4.63. The molecule has 3 aromatic rings. The van der Waals surface area contributed by atoms with Gasteiger partial charge in [0.1, 0.15) is 12.4 Å². The van der Waals surface area contributed by atoms with E-state index in [0.717, 1.165) is 47.0 Å².